The first-order chi connectivity index (χ1) is 9.70. The molecule has 7 heteroatoms. The normalized spacial score (nSPS) is 10.5. The minimum absolute atomic E-state index is 0.132. The zero-order chi connectivity index (χ0) is 14.8. The predicted molar refractivity (Wildman–Crippen MR) is 74.2 cm³/mol. The van der Waals surface area contributed by atoms with E-state index in [4.69, 9.17) is 9.47 Å². The average molecular weight is 283 g/mol. The third-order valence-electron chi connectivity index (χ3n) is 2.65. The van der Waals surface area contributed by atoms with Gasteiger partial charge in [-0.1, -0.05) is 0 Å². The Kier molecular flexibility index (Phi) is 7.52. The molecule has 1 heterocycles. The maximum atomic E-state index is 11.2. The number of carboxylic acids is 1. The highest BCUT2D eigenvalue weighted by Crippen LogP contribution is 2.15. The SMILES string of the molecule is CCOCCN(CCOCC)c1nnccc1C(=O)O. The topological polar surface area (TPSA) is 84.8 Å². The lowest BCUT2D eigenvalue weighted by atomic mass is 10.2. The van der Waals surface area contributed by atoms with Crippen LogP contribution in [0.1, 0.15) is 24.2 Å². The summed E-state index contributed by atoms with van der Waals surface area (Å²) in [4.78, 5) is 13.1. The Morgan fingerprint density at radius 2 is 1.85 bits per heavy atom. The van der Waals surface area contributed by atoms with Crippen molar-refractivity contribution in [2.75, 3.05) is 44.4 Å². The fourth-order valence-electron chi connectivity index (χ4n) is 1.69. The number of anilines is 1. The minimum atomic E-state index is -1.02. The molecule has 1 rings (SSSR count). The van der Waals surface area contributed by atoms with Gasteiger partial charge in [-0.25, -0.2) is 4.79 Å². The van der Waals surface area contributed by atoms with Crippen LogP contribution < -0.4 is 4.90 Å². The van der Waals surface area contributed by atoms with Crippen molar-refractivity contribution in [3.8, 4) is 0 Å². The van der Waals surface area contributed by atoms with E-state index in [0.717, 1.165) is 0 Å². The van der Waals surface area contributed by atoms with Gasteiger partial charge in [0.25, 0.3) is 0 Å². The summed E-state index contributed by atoms with van der Waals surface area (Å²) in [5.41, 5.74) is 0.132. The van der Waals surface area contributed by atoms with E-state index < -0.39 is 5.97 Å². The number of carboxylic acid groups (broad SMARTS) is 1. The van der Waals surface area contributed by atoms with Gasteiger partial charge in [-0.2, -0.15) is 5.10 Å². The largest absolute Gasteiger partial charge is 0.478 e. The molecule has 112 valence electrons. The molecule has 0 spiro atoms. The van der Waals surface area contributed by atoms with Gasteiger partial charge < -0.3 is 19.5 Å². The highest BCUT2D eigenvalue weighted by molar-refractivity contribution is 5.93. The first-order valence-corrected chi connectivity index (χ1v) is 6.66. The Bertz CT molecular complexity index is 404. The third-order valence-corrected chi connectivity index (χ3v) is 2.65. The lowest BCUT2D eigenvalue weighted by Crippen LogP contribution is -2.33. The lowest BCUT2D eigenvalue weighted by Gasteiger charge is -2.24. The number of nitrogens with zero attached hydrogens (tertiary/aromatic N) is 3. The van der Waals surface area contributed by atoms with E-state index in [1.165, 1.54) is 12.3 Å². The van der Waals surface area contributed by atoms with Gasteiger partial charge in [-0.15, -0.1) is 5.10 Å². The highest BCUT2D eigenvalue weighted by atomic mass is 16.5. The van der Waals surface area contributed by atoms with Gasteiger partial charge in [0.2, 0.25) is 0 Å². The average Bonchev–Trinajstić information content (AvgIpc) is 2.46. The Morgan fingerprint density at radius 3 is 2.35 bits per heavy atom. The number of hydrogen-bond donors (Lipinski definition) is 1. The van der Waals surface area contributed by atoms with Gasteiger partial charge in [0.15, 0.2) is 5.82 Å². The van der Waals surface area contributed by atoms with E-state index in [9.17, 15) is 9.90 Å². The number of ether oxygens (including phenoxy) is 2. The Hall–Kier alpha value is -1.73. The third kappa shape index (κ3) is 5.10. The van der Waals surface area contributed by atoms with Gasteiger partial charge >= 0.3 is 5.97 Å². The van der Waals surface area contributed by atoms with E-state index >= 15 is 0 Å². The smallest absolute Gasteiger partial charge is 0.339 e. The number of carbonyl (C=O) groups is 1. The Balaban J connectivity index is 2.81. The molecule has 0 saturated carbocycles. The molecule has 0 radical (unpaired) electrons. The fourth-order valence-corrected chi connectivity index (χ4v) is 1.69. The Morgan fingerprint density at radius 1 is 1.25 bits per heavy atom. The number of aromatic nitrogens is 2. The van der Waals surface area contributed by atoms with Crippen LogP contribution in [0.4, 0.5) is 5.82 Å². The molecule has 1 aromatic rings. The van der Waals surface area contributed by atoms with Gasteiger partial charge in [-0.05, 0) is 19.9 Å². The van der Waals surface area contributed by atoms with Crippen LogP contribution in [0.15, 0.2) is 12.3 Å². The van der Waals surface area contributed by atoms with Crippen molar-refractivity contribution in [2.45, 2.75) is 13.8 Å². The maximum absolute atomic E-state index is 11.2. The highest BCUT2D eigenvalue weighted by Gasteiger charge is 2.17. The molecule has 7 nitrogen and oxygen atoms in total. The number of hydrogen-bond acceptors (Lipinski definition) is 6. The van der Waals surface area contributed by atoms with Crippen molar-refractivity contribution in [1.29, 1.82) is 0 Å². The second kappa shape index (κ2) is 9.22. The van der Waals surface area contributed by atoms with Crippen molar-refractivity contribution in [3.63, 3.8) is 0 Å². The summed E-state index contributed by atoms with van der Waals surface area (Å²) < 4.78 is 10.6. The predicted octanol–water partition coefficient (Wildman–Crippen LogP) is 1.05. The maximum Gasteiger partial charge on any atom is 0.339 e. The molecule has 0 aliphatic heterocycles. The summed E-state index contributed by atoms with van der Waals surface area (Å²) in [5.74, 6) is -0.674. The van der Waals surface area contributed by atoms with E-state index in [2.05, 4.69) is 10.2 Å². The lowest BCUT2D eigenvalue weighted by molar-refractivity contribution is 0.0696. The Labute approximate surface area is 118 Å². The van der Waals surface area contributed by atoms with Crippen LogP contribution in [-0.2, 0) is 9.47 Å². The molecular formula is C13H21N3O4. The second-order valence-electron chi connectivity index (χ2n) is 3.95. The summed E-state index contributed by atoms with van der Waals surface area (Å²) in [6.07, 6.45) is 1.37. The molecule has 0 bridgehead atoms. The van der Waals surface area contributed by atoms with Crippen LogP contribution in [0.2, 0.25) is 0 Å². The quantitative estimate of drug-likeness (QED) is 0.642. The molecule has 0 saturated heterocycles. The van der Waals surface area contributed by atoms with E-state index in [0.29, 0.717) is 45.3 Å². The molecule has 0 aliphatic rings. The molecular weight excluding hydrogens is 262 g/mol. The van der Waals surface area contributed by atoms with Crippen molar-refractivity contribution in [2.24, 2.45) is 0 Å². The second-order valence-corrected chi connectivity index (χ2v) is 3.95. The van der Waals surface area contributed by atoms with Crippen LogP contribution in [0.3, 0.4) is 0 Å². The van der Waals surface area contributed by atoms with Crippen LogP contribution in [-0.4, -0.2) is 60.8 Å². The van der Waals surface area contributed by atoms with Crippen LogP contribution >= 0.6 is 0 Å². The zero-order valence-electron chi connectivity index (χ0n) is 11.9. The summed E-state index contributed by atoms with van der Waals surface area (Å²) in [7, 11) is 0. The number of rotatable bonds is 10. The molecule has 0 fully saturated rings. The first-order valence-electron chi connectivity index (χ1n) is 6.66. The van der Waals surface area contributed by atoms with Crippen molar-refractivity contribution in [3.05, 3.63) is 17.8 Å². The summed E-state index contributed by atoms with van der Waals surface area (Å²) >= 11 is 0. The monoisotopic (exact) mass is 283 g/mol. The molecule has 0 aliphatic carbocycles. The van der Waals surface area contributed by atoms with E-state index in [1.54, 1.807) is 0 Å². The van der Waals surface area contributed by atoms with E-state index in [1.807, 2.05) is 18.7 Å². The van der Waals surface area contributed by atoms with Crippen LogP contribution in [0.5, 0.6) is 0 Å². The van der Waals surface area contributed by atoms with Gasteiger partial charge in [-0.3, -0.25) is 0 Å². The van der Waals surface area contributed by atoms with Crippen LogP contribution in [0, 0.1) is 0 Å². The molecule has 0 aromatic carbocycles. The van der Waals surface area contributed by atoms with Crippen LogP contribution in [0.25, 0.3) is 0 Å². The van der Waals surface area contributed by atoms with Gasteiger partial charge in [0.1, 0.15) is 5.56 Å². The van der Waals surface area contributed by atoms with Crippen molar-refractivity contribution >= 4 is 11.8 Å². The molecule has 1 N–H and O–H groups in total. The first kappa shape index (κ1) is 16.3. The molecule has 0 atom stereocenters. The van der Waals surface area contributed by atoms with Gasteiger partial charge in [0, 0.05) is 26.3 Å². The fraction of sp³-hybridized carbons (Fsp3) is 0.615. The molecule has 0 unspecified atom stereocenters. The summed E-state index contributed by atoms with van der Waals surface area (Å²) in [5, 5.41) is 16.9. The van der Waals surface area contributed by atoms with Crippen molar-refractivity contribution in [1.82, 2.24) is 10.2 Å². The number of aromatic carboxylic acids is 1. The summed E-state index contributed by atoms with van der Waals surface area (Å²) in [6, 6.07) is 1.44. The molecule has 20 heavy (non-hydrogen) atoms. The molecule has 1 aromatic heterocycles. The van der Waals surface area contributed by atoms with E-state index in [-0.39, 0.29) is 5.56 Å². The minimum Gasteiger partial charge on any atom is -0.478 e. The standard InChI is InChI=1S/C13H21N3O4/c1-3-19-9-7-16(8-10-20-4-2)12-11(13(17)18)5-6-14-15-12/h5-6H,3-4,7-10H2,1-2H3,(H,17,18). The zero-order valence-corrected chi connectivity index (χ0v) is 11.9. The molecule has 0 amide bonds. The van der Waals surface area contributed by atoms with Crippen molar-refractivity contribution < 1.29 is 19.4 Å². The summed E-state index contributed by atoms with van der Waals surface area (Å²) in [6.45, 7) is 7.14. The van der Waals surface area contributed by atoms with Gasteiger partial charge in [0.05, 0.1) is 19.4 Å².